The van der Waals surface area contributed by atoms with Gasteiger partial charge < -0.3 is 0 Å². The number of benzene rings is 3. The quantitative estimate of drug-likeness (QED) is 0.187. The van der Waals surface area contributed by atoms with E-state index in [1.807, 2.05) is 6.07 Å². The average Bonchev–Trinajstić information content (AvgIpc) is 2.83. The molecule has 0 N–H and O–H groups in total. The van der Waals surface area contributed by atoms with E-state index in [4.69, 9.17) is 0 Å². The molecule has 4 rings (SSSR count). The Labute approximate surface area is 204 Å². The maximum absolute atomic E-state index is 14.6. The van der Waals surface area contributed by atoms with Crippen molar-refractivity contribution in [2.45, 2.75) is 38.8 Å². The minimum Gasteiger partial charge on any atom is -0.236 e. The van der Waals surface area contributed by atoms with Gasteiger partial charge in [-0.1, -0.05) is 56.2 Å². The van der Waals surface area contributed by atoms with E-state index in [1.165, 1.54) is 30.6 Å². The number of rotatable bonds is 7. The zero-order valence-electron chi connectivity index (χ0n) is 19.3. The molecule has 0 radical (unpaired) electrons. The fourth-order valence-corrected chi connectivity index (χ4v) is 3.97. The number of unbranched alkanes of at least 4 members (excludes halogenated alkanes) is 2. The molecule has 4 aromatic rings. The first kappa shape index (κ1) is 25.4. The summed E-state index contributed by atoms with van der Waals surface area (Å²) in [6.45, 7) is 2.11. The zero-order valence-corrected chi connectivity index (χ0v) is 19.3. The molecule has 0 aliphatic carbocycles. The summed E-state index contributed by atoms with van der Waals surface area (Å²) in [5.74, 6) is -3.36. The molecule has 186 valence electrons. The Kier molecular flexibility index (Phi) is 7.43. The van der Waals surface area contributed by atoms with Gasteiger partial charge in [0.25, 0.3) is 0 Å². The van der Waals surface area contributed by atoms with Crippen molar-refractivity contribution >= 4 is 0 Å². The first-order valence-electron chi connectivity index (χ1n) is 11.4. The van der Waals surface area contributed by atoms with Gasteiger partial charge in [0.05, 0.1) is 0 Å². The standard InChI is InChI=1S/C28H22F6N2/c1-2-3-4-5-17-6-11-22(23(29)12-17)21-15-35-27(36-16-21)19-9-7-18(8-10-19)20-13-24(30)26(25(31)14-20)28(32,33)34/h6-16H,2-5H2,1H3. The Balaban J connectivity index is 1.52. The molecule has 1 heterocycles. The van der Waals surface area contributed by atoms with Crippen molar-refractivity contribution in [1.29, 1.82) is 0 Å². The van der Waals surface area contributed by atoms with E-state index in [1.54, 1.807) is 18.2 Å². The Hall–Kier alpha value is -3.68. The molecule has 0 bridgehead atoms. The molecule has 0 amide bonds. The number of hydrogen-bond donors (Lipinski definition) is 0. The smallest absolute Gasteiger partial charge is 0.236 e. The van der Waals surface area contributed by atoms with Gasteiger partial charge in [0.2, 0.25) is 0 Å². The summed E-state index contributed by atoms with van der Waals surface area (Å²) in [5, 5.41) is 0. The van der Waals surface area contributed by atoms with Crippen molar-refractivity contribution in [3.8, 4) is 33.6 Å². The lowest BCUT2D eigenvalue weighted by molar-refractivity contribution is -0.142. The van der Waals surface area contributed by atoms with Gasteiger partial charge in [-0.2, -0.15) is 13.2 Å². The zero-order chi connectivity index (χ0) is 25.9. The van der Waals surface area contributed by atoms with Crippen molar-refractivity contribution in [2.24, 2.45) is 0 Å². The Morgan fingerprint density at radius 2 is 1.28 bits per heavy atom. The van der Waals surface area contributed by atoms with E-state index in [0.717, 1.165) is 31.2 Å². The van der Waals surface area contributed by atoms with Gasteiger partial charge in [-0.25, -0.2) is 23.1 Å². The Morgan fingerprint density at radius 1 is 0.667 bits per heavy atom. The van der Waals surface area contributed by atoms with Gasteiger partial charge >= 0.3 is 6.18 Å². The first-order valence-corrected chi connectivity index (χ1v) is 11.4. The molecule has 0 saturated heterocycles. The molecular formula is C28H22F6N2. The summed E-state index contributed by atoms with van der Waals surface area (Å²) >= 11 is 0. The monoisotopic (exact) mass is 500 g/mol. The predicted molar refractivity (Wildman–Crippen MR) is 126 cm³/mol. The van der Waals surface area contributed by atoms with Gasteiger partial charge in [0, 0.05) is 29.1 Å². The first-order chi connectivity index (χ1) is 17.2. The van der Waals surface area contributed by atoms with Crippen LogP contribution in [0.5, 0.6) is 0 Å². The third-order valence-electron chi connectivity index (χ3n) is 5.87. The summed E-state index contributed by atoms with van der Waals surface area (Å²) in [5.41, 5.74) is 0.794. The molecular weight excluding hydrogens is 478 g/mol. The summed E-state index contributed by atoms with van der Waals surface area (Å²) in [6, 6.07) is 12.6. The summed E-state index contributed by atoms with van der Waals surface area (Å²) in [7, 11) is 0. The Bertz CT molecular complexity index is 1320. The SMILES string of the molecule is CCCCCc1ccc(-c2cnc(-c3ccc(-c4cc(F)c(C(F)(F)F)c(F)c4)cc3)nc2)c(F)c1. The highest BCUT2D eigenvalue weighted by Crippen LogP contribution is 2.36. The average molecular weight is 500 g/mol. The van der Waals surface area contributed by atoms with Gasteiger partial charge in [0.15, 0.2) is 5.82 Å². The number of nitrogens with zero attached hydrogens (tertiary/aromatic N) is 2. The van der Waals surface area contributed by atoms with Gasteiger partial charge in [0.1, 0.15) is 23.0 Å². The third-order valence-corrected chi connectivity index (χ3v) is 5.87. The molecule has 8 heteroatoms. The van der Waals surface area contributed by atoms with Crippen LogP contribution in [0.3, 0.4) is 0 Å². The number of aryl methyl sites for hydroxylation is 1. The molecule has 1 aromatic heterocycles. The maximum atomic E-state index is 14.6. The number of aromatic nitrogens is 2. The van der Waals surface area contributed by atoms with Crippen LogP contribution in [-0.4, -0.2) is 9.97 Å². The van der Waals surface area contributed by atoms with Crippen molar-refractivity contribution in [3.05, 3.63) is 95.6 Å². The van der Waals surface area contributed by atoms with Crippen LogP contribution < -0.4 is 0 Å². The lowest BCUT2D eigenvalue weighted by Crippen LogP contribution is -2.11. The van der Waals surface area contributed by atoms with Crippen LogP contribution in [0, 0.1) is 17.5 Å². The van der Waals surface area contributed by atoms with Crippen LogP contribution in [0.15, 0.2) is 67.0 Å². The second-order valence-electron chi connectivity index (χ2n) is 8.46. The van der Waals surface area contributed by atoms with Crippen LogP contribution >= 0.6 is 0 Å². The summed E-state index contributed by atoms with van der Waals surface area (Å²) in [4.78, 5) is 8.59. The van der Waals surface area contributed by atoms with Gasteiger partial charge in [-0.15, -0.1) is 0 Å². The molecule has 0 aliphatic rings. The molecule has 0 aliphatic heterocycles. The van der Waals surface area contributed by atoms with Gasteiger partial charge in [-0.3, -0.25) is 0 Å². The van der Waals surface area contributed by atoms with Crippen molar-refractivity contribution in [1.82, 2.24) is 9.97 Å². The number of hydrogen-bond acceptors (Lipinski definition) is 2. The largest absolute Gasteiger partial charge is 0.422 e. The minimum atomic E-state index is -5.13. The highest BCUT2D eigenvalue weighted by atomic mass is 19.4. The fourth-order valence-electron chi connectivity index (χ4n) is 3.97. The van der Waals surface area contributed by atoms with Crippen LogP contribution in [0.1, 0.15) is 37.3 Å². The lowest BCUT2D eigenvalue weighted by Gasteiger charge is -2.11. The molecule has 0 spiro atoms. The topological polar surface area (TPSA) is 25.8 Å². The normalized spacial score (nSPS) is 11.6. The number of halogens is 6. The predicted octanol–water partition coefficient (Wildman–Crippen LogP) is 8.65. The fraction of sp³-hybridized carbons (Fsp3) is 0.214. The summed E-state index contributed by atoms with van der Waals surface area (Å²) in [6.07, 6.45) is 1.91. The molecule has 2 nitrogen and oxygen atoms in total. The van der Waals surface area contributed by atoms with Gasteiger partial charge in [-0.05, 0) is 47.7 Å². The van der Waals surface area contributed by atoms with E-state index in [-0.39, 0.29) is 11.4 Å². The molecule has 3 aromatic carbocycles. The van der Waals surface area contributed by atoms with Crippen LogP contribution in [0.2, 0.25) is 0 Å². The molecule has 0 unspecified atom stereocenters. The highest BCUT2D eigenvalue weighted by molar-refractivity contribution is 5.69. The summed E-state index contributed by atoms with van der Waals surface area (Å²) < 4.78 is 80.9. The lowest BCUT2D eigenvalue weighted by atomic mass is 10.0. The highest BCUT2D eigenvalue weighted by Gasteiger charge is 2.38. The van der Waals surface area contributed by atoms with Crippen LogP contribution in [-0.2, 0) is 12.6 Å². The van der Waals surface area contributed by atoms with E-state index in [9.17, 15) is 26.3 Å². The van der Waals surface area contributed by atoms with E-state index in [0.29, 0.717) is 40.2 Å². The molecule has 36 heavy (non-hydrogen) atoms. The van der Waals surface area contributed by atoms with E-state index in [2.05, 4.69) is 16.9 Å². The van der Waals surface area contributed by atoms with Crippen molar-refractivity contribution < 1.29 is 26.3 Å². The maximum Gasteiger partial charge on any atom is 0.422 e. The van der Waals surface area contributed by atoms with Crippen LogP contribution in [0.25, 0.3) is 33.6 Å². The molecule has 0 atom stereocenters. The molecule has 0 saturated carbocycles. The second kappa shape index (κ2) is 10.5. The second-order valence-corrected chi connectivity index (χ2v) is 8.46. The minimum absolute atomic E-state index is 0.0329. The molecule has 0 fully saturated rings. The Morgan fingerprint density at radius 3 is 1.83 bits per heavy atom. The van der Waals surface area contributed by atoms with E-state index < -0.39 is 23.4 Å². The van der Waals surface area contributed by atoms with Crippen molar-refractivity contribution in [2.75, 3.05) is 0 Å². The van der Waals surface area contributed by atoms with Crippen molar-refractivity contribution in [3.63, 3.8) is 0 Å². The van der Waals surface area contributed by atoms with E-state index >= 15 is 0 Å². The van der Waals surface area contributed by atoms with Crippen LogP contribution in [0.4, 0.5) is 26.3 Å². The number of alkyl halides is 3. The third kappa shape index (κ3) is 5.58.